The highest BCUT2D eigenvalue weighted by molar-refractivity contribution is 9.10. The number of aromatic nitrogens is 3. The van der Waals surface area contributed by atoms with E-state index in [9.17, 15) is 4.79 Å². The maximum absolute atomic E-state index is 12.0. The van der Waals surface area contributed by atoms with E-state index in [0.29, 0.717) is 16.2 Å². The van der Waals surface area contributed by atoms with Gasteiger partial charge in [-0.2, -0.15) is 0 Å². The molecule has 1 aromatic heterocycles. The first kappa shape index (κ1) is 10.8. The lowest BCUT2D eigenvalue weighted by Crippen LogP contribution is -2.42. The number of Topliss-reactive ketones (excluding diaryl/α,β-unsaturated/α-hetero) is 1. The summed E-state index contributed by atoms with van der Waals surface area (Å²) in [5, 5.41) is 7.54. The Morgan fingerprint density at radius 2 is 2.33 bits per heavy atom. The minimum atomic E-state index is -0.410. The molecule has 0 aromatic carbocycles. The molecule has 2 N–H and O–H groups in total. The van der Waals surface area contributed by atoms with Crippen molar-refractivity contribution >= 4 is 21.7 Å². The van der Waals surface area contributed by atoms with Crippen molar-refractivity contribution in [3.05, 3.63) is 10.3 Å². The van der Waals surface area contributed by atoms with Crippen LogP contribution in [0.4, 0.5) is 0 Å². The smallest absolute Gasteiger partial charge is 0.200 e. The van der Waals surface area contributed by atoms with E-state index in [4.69, 9.17) is 5.73 Å². The fourth-order valence-corrected chi connectivity index (χ4v) is 2.29. The summed E-state index contributed by atoms with van der Waals surface area (Å²) in [6.07, 6.45) is 3.28. The van der Waals surface area contributed by atoms with Crippen LogP contribution in [0.1, 0.15) is 29.8 Å². The van der Waals surface area contributed by atoms with Crippen LogP contribution in [0.25, 0.3) is 0 Å². The Hall–Kier alpha value is -0.750. The molecule has 6 heteroatoms. The summed E-state index contributed by atoms with van der Waals surface area (Å²) in [5.41, 5.74) is 6.38. The molecule has 0 saturated heterocycles. The van der Waals surface area contributed by atoms with Crippen molar-refractivity contribution < 1.29 is 4.79 Å². The Balaban J connectivity index is 2.19. The third-order valence-corrected chi connectivity index (χ3v) is 3.51. The summed E-state index contributed by atoms with van der Waals surface area (Å²) in [6.45, 7) is 0. The van der Waals surface area contributed by atoms with E-state index in [-0.39, 0.29) is 5.78 Å². The van der Waals surface area contributed by atoms with Crippen LogP contribution < -0.4 is 5.73 Å². The highest BCUT2D eigenvalue weighted by Crippen LogP contribution is 2.30. The zero-order chi connectivity index (χ0) is 11.0. The topological polar surface area (TPSA) is 73.8 Å². The minimum Gasteiger partial charge on any atom is -0.321 e. The van der Waals surface area contributed by atoms with Gasteiger partial charge < -0.3 is 5.73 Å². The summed E-state index contributed by atoms with van der Waals surface area (Å²) >= 11 is 3.20. The Morgan fingerprint density at radius 3 is 2.73 bits per heavy atom. The van der Waals surface area contributed by atoms with Gasteiger partial charge >= 0.3 is 0 Å². The second-order valence-electron chi connectivity index (χ2n) is 3.93. The number of hydrogen-bond acceptors (Lipinski definition) is 4. The SMILES string of the molecule is Cn1nnc(Br)c1C(=O)C(N)C1CCC1. The Bertz CT molecular complexity index is 366. The summed E-state index contributed by atoms with van der Waals surface area (Å²) in [7, 11) is 1.69. The lowest BCUT2D eigenvalue weighted by atomic mass is 9.78. The number of rotatable bonds is 3. The molecule has 5 nitrogen and oxygen atoms in total. The maximum Gasteiger partial charge on any atom is 0.200 e. The molecule has 0 amide bonds. The third-order valence-electron chi connectivity index (χ3n) is 2.98. The number of aryl methyl sites for hydroxylation is 1. The highest BCUT2D eigenvalue weighted by Gasteiger charge is 2.32. The molecule has 0 bridgehead atoms. The predicted molar refractivity (Wildman–Crippen MR) is 58.3 cm³/mol. The van der Waals surface area contributed by atoms with Gasteiger partial charge in [0.15, 0.2) is 4.60 Å². The molecule has 2 rings (SSSR count). The van der Waals surface area contributed by atoms with E-state index < -0.39 is 6.04 Å². The molecule has 0 radical (unpaired) electrons. The van der Waals surface area contributed by atoms with E-state index in [1.807, 2.05) is 0 Å². The van der Waals surface area contributed by atoms with Crippen LogP contribution in [0.3, 0.4) is 0 Å². The first-order valence-corrected chi connectivity index (χ1v) is 5.75. The normalized spacial score (nSPS) is 18.6. The number of halogens is 1. The molecule has 1 unspecified atom stereocenters. The van der Waals surface area contributed by atoms with Gasteiger partial charge in [0.1, 0.15) is 5.69 Å². The van der Waals surface area contributed by atoms with E-state index in [1.165, 1.54) is 11.1 Å². The average molecular weight is 273 g/mol. The standard InChI is InChI=1S/C9H13BrN4O/c1-14-7(9(10)12-13-14)8(15)6(11)5-3-2-4-5/h5-6H,2-4,11H2,1H3. The van der Waals surface area contributed by atoms with Crippen molar-refractivity contribution in [2.24, 2.45) is 18.7 Å². The molecule has 0 aliphatic heterocycles. The van der Waals surface area contributed by atoms with Gasteiger partial charge in [-0.25, -0.2) is 4.68 Å². The molecule has 1 fully saturated rings. The summed E-state index contributed by atoms with van der Waals surface area (Å²) < 4.78 is 1.94. The molecule has 1 aliphatic carbocycles. The highest BCUT2D eigenvalue weighted by atomic mass is 79.9. The minimum absolute atomic E-state index is 0.0703. The van der Waals surface area contributed by atoms with Crippen LogP contribution in [-0.4, -0.2) is 26.8 Å². The van der Waals surface area contributed by atoms with E-state index in [1.54, 1.807) is 7.05 Å². The van der Waals surface area contributed by atoms with E-state index >= 15 is 0 Å². The second kappa shape index (κ2) is 4.02. The van der Waals surface area contributed by atoms with Crippen molar-refractivity contribution in [3.63, 3.8) is 0 Å². The molecular weight excluding hydrogens is 260 g/mol. The fourth-order valence-electron chi connectivity index (χ4n) is 1.76. The first-order valence-electron chi connectivity index (χ1n) is 4.96. The van der Waals surface area contributed by atoms with Crippen LogP contribution in [0, 0.1) is 5.92 Å². The number of carbonyl (C=O) groups is 1. The van der Waals surface area contributed by atoms with Gasteiger partial charge in [-0.1, -0.05) is 11.6 Å². The van der Waals surface area contributed by atoms with Gasteiger partial charge in [-0.3, -0.25) is 4.79 Å². The molecule has 1 saturated carbocycles. The van der Waals surface area contributed by atoms with Crippen molar-refractivity contribution in [2.45, 2.75) is 25.3 Å². The van der Waals surface area contributed by atoms with Gasteiger partial charge in [-0.05, 0) is 34.7 Å². The molecule has 1 aliphatic rings. The van der Waals surface area contributed by atoms with Gasteiger partial charge in [0.25, 0.3) is 0 Å². The number of carbonyl (C=O) groups excluding carboxylic acids is 1. The molecule has 1 heterocycles. The second-order valence-corrected chi connectivity index (χ2v) is 4.68. The van der Waals surface area contributed by atoms with Gasteiger partial charge in [-0.15, -0.1) is 5.10 Å². The van der Waals surface area contributed by atoms with E-state index in [2.05, 4.69) is 26.2 Å². The van der Waals surface area contributed by atoms with Crippen LogP contribution in [0.15, 0.2) is 4.60 Å². The van der Waals surface area contributed by atoms with Crippen LogP contribution in [0.2, 0.25) is 0 Å². The van der Waals surface area contributed by atoms with Crippen molar-refractivity contribution in [1.29, 1.82) is 0 Å². The lowest BCUT2D eigenvalue weighted by Gasteiger charge is -2.30. The first-order chi connectivity index (χ1) is 7.11. The molecule has 0 spiro atoms. The lowest BCUT2D eigenvalue weighted by molar-refractivity contribution is 0.0886. The summed E-state index contributed by atoms with van der Waals surface area (Å²) in [6, 6.07) is -0.410. The zero-order valence-corrected chi connectivity index (χ0v) is 10.1. The summed E-state index contributed by atoms with van der Waals surface area (Å²) in [5.74, 6) is 0.262. The zero-order valence-electron chi connectivity index (χ0n) is 8.48. The van der Waals surface area contributed by atoms with Gasteiger partial charge in [0, 0.05) is 7.05 Å². The average Bonchev–Trinajstić information content (AvgIpc) is 2.42. The largest absolute Gasteiger partial charge is 0.321 e. The number of hydrogen-bond donors (Lipinski definition) is 1. The molecular formula is C9H13BrN4O. The molecule has 1 atom stereocenters. The van der Waals surface area contributed by atoms with Crippen LogP contribution in [0.5, 0.6) is 0 Å². The van der Waals surface area contributed by atoms with Gasteiger partial charge in [0.05, 0.1) is 6.04 Å². The number of nitrogens with zero attached hydrogens (tertiary/aromatic N) is 3. The monoisotopic (exact) mass is 272 g/mol. The Kier molecular flexibility index (Phi) is 2.88. The van der Waals surface area contributed by atoms with Crippen molar-refractivity contribution in [2.75, 3.05) is 0 Å². The molecule has 82 valence electrons. The van der Waals surface area contributed by atoms with Crippen LogP contribution >= 0.6 is 15.9 Å². The maximum atomic E-state index is 12.0. The number of nitrogens with two attached hydrogens (primary N) is 1. The van der Waals surface area contributed by atoms with Crippen LogP contribution in [-0.2, 0) is 7.05 Å². The Morgan fingerprint density at radius 1 is 1.67 bits per heavy atom. The quantitative estimate of drug-likeness (QED) is 0.830. The Labute approximate surface area is 96.1 Å². The number of ketones is 1. The third kappa shape index (κ3) is 1.83. The molecule has 15 heavy (non-hydrogen) atoms. The fraction of sp³-hybridized carbons (Fsp3) is 0.667. The molecule has 1 aromatic rings. The van der Waals surface area contributed by atoms with E-state index in [0.717, 1.165) is 12.8 Å². The van der Waals surface area contributed by atoms with Crippen molar-refractivity contribution in [1.82, 2.24) is 15.0 Å². The van der Waals surface area contributed by atoms with Crippen molar-refractivity contribution in [3.8, 4) is 0 Å². The summed E-state index contributed by atoms with van der Waals surface area (Å²) in [4.78, 5) is 12.0. The van der Waals surface area contributed by atoms with Gasteiger partial charge in [0.2, 0.25) is 5.78 Å². The predicted octanol–water partition coefficient (Wildman–Crippen LogP) is 0.888.